The molecule has 1 aliphatic heterocycles. The molecule has 0 aliphatic carbocycles. The molecule has 0 aromatic heterocycles. The lowest BCUT2D eigenvalue weighted by molar-refractivity contribution is -0.132. The van der Waals surface area contributed by atoms with Gasteiger partial charge in [0, 0.05) is 49.7 Å². The minimum Gasteiger partial charge on any atom is -0.357 e. The molecule has 1 heterocycles. The maximum Gasteiger partial charge on any atom is 0.222 e. The highest BCUT2D eigenvalue weighted by Crippen LogP contribution is 2.19. The molecule has 1 aliphatic rings. The van der Waals surface area contributed by atoms with Crippen LogP contribution < -0.4 is 10.6 Å². The Balaban J connectivity index is 0.00000312. The van der Waals surface area contributed by atoms with Crippen LogP contribution in [0.25, 0.3) is 0 Å². The number of hydrogen-bond donors (Lipinski definition) is 2. The summed E-state index contributed by atoms with van der Waals surface area (Å²) in [5.74, 6) is 0.546. The predicted octanol–water partition coefficient (Wildman–Crippen LogP) is 2.82. The summed E-state index contributed by atoms with van der Waals surface area (Å²) in [6.07, 6.45) is 1.76. The number of carbonyl (C=O) groups excluding carboxylic acids is 1. The van der Waals surface area contributed by atoms with Crippen LogP contribution in [0.1, 0.15) is 25.3 Å². The summed E-state index contributed by atoms with van der Waals surface area (Å²) in [5, 5.41) is 6.95. The highest BCUT2D eigenvalue weighted by molar-refractivity contribution is 14.0. The number of nitrogens with one attached hydrogen (secondary N) is 2. The number of carbonyl (C=O) groups is 1. The first-order valence-electron chi connectivity index (χ1n) is 8.23. The van der Waals surface area contributed by atoms with E-state index in [2.05, 4.69) is 15.6 Å². The Labute approximate surface area is 170 Å². The minimum absolute atomic E-state index is 0. The van der Waals surface area contributed by atoms with Gasteiger partial charge in [-0.15, -0.1) is 24.0 Å². The van der Waals surface area contributed by atoms with Gasteiger partial charge in [0.2, 0.25) is 5.91 Å². The number of rotatable bonds is 5. The van der Waals surface area contributed by atoms with Gasteiger partial charge in [-0.2, -0.15) is 0 Å². The van der Waals surface area contributed by atoms with E-state index in [9.17, 15) is 9.18 Å². The fourth-order valence-electron chi connectivity index (χ4n) is 2.69. The number of piperidine rings is 1. The summed E-state index contributed by atoms with van der Waals surface area (Å²) in [7, 11) is 1.81. The molecule has 140 valence electrons. The molecule has 0 bridgehead atoms. The Morgan fingerprint density at radius 3 is 2.88 bits per heavy atom. The number of guanidine groups is 1. The van der Waals surface area contributed by atoms with Crippen LogP contribution in [0.3, 0.4) is 0 Å². The molecule has 25 heavy (non-hydrogen) atoms. The van der Waals surface area contributed by atoms with Gasteiger partial charge in [0.15, 0.2) is 5.96 Å². The lowest BCUT2D eigenvalue weighted by Gasteiger charge is -2.31. The molecule has 0 radical (unpaired) electrons. The molecular formula is C17H25ClFIN4O. The van der Waals surface area contributed by atoms with Crippen molar-refractivity contribution in [3.8, 4) is 0 Å². The first-order valence-corrected chi connectivity index (χ1v) is 8.60. The number of halogens is 3. The summed E-state index contributed by atoms with van der Waals surface area (Å²) in [5.41, 5.74) is 0.488. The highest BCUT2D eigenvalue weighted by atomic mass is 127. The minimum atomic E-state index is -0.303. The van der Waals surface area contributed by atoms with Crippen molar-refractivity contribution in [2.75, 3.05) is 26.7 Å². The van der Waals surface area contributed by atoms with Gasteiger partial charge >= 0.3 is 0 Å². The molecular weight excluding hydrogens is 458 g/mol. The van der Waals surface area contributed by atoms with Crippen molar-refractivity contribution in [1.29, 1.82) is 0 Å². The molecule has 0 spiro atoms. The van der Waals surface area contributed by atoms with Crippen LogP contribution in [0.5, 0.6) is 0 Å². The average Bonchev–Trinajstić information content (AvgIpc) is 2.54. The largest absolute Gasteiger partial charge is 0.357 e. The quantitative estimate of drug-likeness (QED) is 0.386. The molecule has 1 amide bonds. The molecule has 1 aromatic carbocycles. The molecule has 8 heteroatoms. The van der Waals surface area contributed by atoms with E-state index in [0.717, 1.165) is 13.0 Å². The molecule has 1 saturated heterocycles. The van der Waals surface area contributed by atoms with Crippen LogP contribution in [-0.4, -0.2) is 49.5 Å². The second-order valence-corrected chi connectivity index (χ2v) is 6.27. The third kappa shape index (κ3) is 6.62. The fraction of sp³-hybridized carbons (Fsp3) is 0.529. The van der Waals surface area contributed by atoms with Crippen molar-refractivity contribution >= 4 is 47.4 Å². The zero-order valence-electron chi connectivity index (χ0n) is 14.5. The van der Waals surface area contributed by atoms with Crippen LogP contribution in [-0.2, 0) is 11.2 Å². The average molecular weight is 483 g/mol. The van der Waals surface area contributed by atoms with Crippen LogP contribution in [0, 0.1) is 5.82 Å². The molecule has 1 atom stereocenters. The van der Waals surface area contributed by atoms with Crippen LogP contribution >= 0.6 is 35.6 Å². The number of likely N-dealkylation sites (N-methyl/N-ethyl adjacent to an activating group) is 1. The zero-order chi connectivity index (χ0) is 17.5. The van der Waals surface area contributed by atoms with Crippen molar-refractivity contribution in [2.24, 2.45) is 4.99 Å². The van der Waals surface area contributed by atoms with Crippen molar-refractivity contribution in [3.05, 3.63) is 34.6 Å². The van der Waals surface area contributed by atoms with Crippen molar-refractivity contribution in [3.63, 3.8) is 0 Å². The Kier molecular flexibility index (Phi) is 9.48. The van der Waals surface area contributed by atoms with Crippen molar-refractivity contribution < 1.29 is 9.18 Å². The number of likely N-dealkylation sites (tertiary alicyclic amines) is 1. The molecule has 2 N–H and O–H groups in total. The molecule has 1 fully saturated rings. The third-order valence-electron chi connectivity index (χ3n) is 4.01. The second-order valence-electron chi connectivity index (χ2n) is 5.87. The van der Waals surface area contributed by atoms with E-state index in [0.29, 0.717) is 42.5 Å². The number of benzene rings is 1. The summed E-state index contributed by atoms with van der Waals surface area (Å²) in [6, 6.07) is 4.85. The van der Waals surface area contributed by atoms with Gasteiger partial charge in [-0.3, -0.25) is 9.79 Å². The summed E-state index contributed by atoms with van der Waals surface area (Å²) in [6.45, 7) is 3.80. The number of hydrogen-bond acceptors (Lipinski definition) is 2. The Bertz CT molecular complexity index is 594. The SMILES string of the molecule is CCNC(=NCCc1c(F)cccc1Cl)NC1CCC(=O)N(C)C1.I. The topological polar surface area (TPSA) is 56.7 Å². The Morgan fingerprint density at radius 1 is 1.48 bits per heavy atom. The van der Waals surface area contributed by atoms with Crippen LogP contribution in [0.4, 0.5) is 4.39 Å². The van der Waals surface area contributed by atoms with E-state index in [4.69, 9.17) is 11.6 Å². The molecule has 5 nitrogen and oxygen atoms in total. The first kappa shape index (κ1) is 22.0. The summed E-state index contributed by atoms with van der Waals surface area (Å²) < 4.78 is 13.8. The zero-order valence-corrected chi connectivity index (χ0v) is 17.6. The van der Waals surface area contributed by atoms with E-state index in [1.165, 1.54) is 6.07 Å². The lowest BCUT2D eigenvalue weighted by atomic mass is 10.1. The number of amides is 1. The Morgan fingerprint density at radius 2 is 2.24 bits per heavy atom. The first-order chi connectivity index (χ1) is 11.5. The van der Waals surface area contributed by atoms with Crippen LogP contribution in [0.2, 0.25) is 5.02 Å². The van der Waals surface area contributed by atoms with Crippen LogP contribution in [0.15, 0.2) is 23.2 Å². The second kappa shape index (κ2) is 10.8. The van der Waals surface area contributed by atoms with Crippen molar-refractivity contribution in [2.45, 2.75) is 32.2 Å². The molecule has 0 saturated carbocycles. The van der Waals surface area contributed by atoms with Gasteiger partial charge in [0.1, 0.15) is 5.82 Å². The van der Waals surface area contributed by atoms with Gasteiger partial charge < -0.3 is 15.5 Å². The molecule has 2 rings (SSSR count). The van der Waals surface area contributed by atoms with E-state index < -0.39 is 0 Å². The standard InChI is InChI=1S/C17H24ClFN4O.HI/c1-3-20-17(22-12-7-8-16(24)23(2)11-12)21-10-9-13-14(18)5-4-6-15(13)19;/h4-6,12H,3,7-11H2,1-2H3,(H2,20,21,22);1H. The third-order valence-corrected chi connectivity index (χ3v) is 4.36. The normalized spacial score (nSPS) is 17.9. The Hall–Kier alpha value is -1.09. The van der Waals surface area contributed by atoms with Gasteiger partial charge in [-0.1, -0.05) is 17.7 Å². The van der Waals surface area contributed by atoms with Crippen molar-refractivity contribution in [1.82, 2.24) is 15.5 Å². The predicted molar refractivity (Wildman–Crippen MR) is 110 cm³/mol. The fourth-order valence-corrected chi connectivity index (χ4v) is 2.95. The summed E-state index contributed by atoms with van der Waals surface area (Å²) in [4.78, 5) is 17.8. The lowest BCUT2D eigenvalue weighted by Crippen LogP contribution is -2.51. The highest BCUT2D eigenvalue weighted by Gasteiger charge is 2.23. The van der Waals surface area contributed by atoms with Gasteiger partial charge in [-0.05, 0) is 31.9 Å². The van der Waals surface area contributed by atoms with Gasteiger partial charge in [0.05, 0.1) is 0 Å². The number of nitrogens with zero attached hydrogens (tertiary/aromatic N) is 2. The molecule has 1 unspecified atom stereocenters. The molecule has 1 aromatic rings. The number of aliphatic imine (C=N–C) groups is 1. The monoisotopic (exact) mass is 482 g/mol. The van der Waals surface area contributed by atoms with E-state index >= 15 is 0 Å². The van der Waals surface area contributed by atoms with E-state index in [1.807, 2.05) is 6.92 Å². The van der Waals surface area contributed by atoms with Gasteiger partial charge in [-0.25, -0.2) is 4.39 Å². The summed E-state index contributed by atoms with van der Waals surface area (Å²) >= 11 is 6.03. The maximum absolute atomic E-state index is 13.8. The maximum atomic E-state index is 13.8. The smallest absolute Gasteiger partial charge is 0.222 e. The van der Waals surface area contributed by atoms with E-state index in [-0.39, 0.29) is 41.7 Å². The van der Waals surface area contributed by atoms with E-state index in [1.54, 1.807) is 24.1 Å². The van der Waals surface area contributed by atoms with Gasteiger partial charge in [0.25, 0.3) is 0 Å².